The number of nitrogens with zero attached hydrogens (tertiary/aromatic N) is 2. The van der Waals surface area contributed by atoms with Gasteiger partial charge in [-0.15, -0.1) is 0 Å². The predicted octanol–water partition coefficient (Wildman–Crippen LogP) is 2.53. The molecule has 2 aliphatic heterocycles. The Morgan fingerprint density at radius 3 is 2.50 bits per heavy atom. The molecule has 2 amide bonds. The van der Waals surface area contributed by atoms with E-state index in [0.29, 0.717) is 24.3 Å². The molecule has 1 saturated heterocycles. The number of sulfonamides is 1. The third-order valence-electron chi connectivity index (χ3n) is 5.47. The highest BCUT2D eigenvalue weighted by Crippen LogP contribution is 2.35. The van der Waals surface area contributed by atoms with E-state index >= 15 is 0 Å². The zero-order chi connectivity index (χ0) is 21.5. The van der Waals surface area contributed by atoms with Crippen molar-refractivity contribution in [1.29, 1.82) is 0 Å². The van der Waals surface area contributed by atoms with Gasteiger partial charge in [0.05, 0.1) is 4.90 Å². The Labute approximate surface area is 174 Å². The van der Waals surface area contributed by atoms with E-state index in [0.717, 1.165) is 12.8 Å². The van der Waals surface area contributed by atoms with Crippen LogP contribution in [0.4, 0.5) is 15.8 Å². The molecule has 0 aliphatic carbocycles. The van der Waals surface area contributed by atoms with Crippen LogP contribution >= 0.6 is 0 Å². The molecule has 7 nitrogen and oxygen atoms in total. The van der Waals surface area contributed by atoms with Crippen LogP contribution in [0.15, 0.2) is 47.4 Å². The summed E-state index contributed by atoms with van der Waals surface area (Å²) in [6, 6.07) is 9.27. The van der Waals surface area contributed by atoms with E-state index in [-0.39, 0.29) is 22.9 Å². The van der Waals surface area contributed by atoms with E-state index in [1.165, 1.54) is 40.4 Å². The van der Waals surface area contributed by atoms with Crippen LogP contribution in [0.25, 0.3) is 0 Å². The summed E-state index contributed by atoms with van der Waals surface area (Å²) < 4.78 is 40.6. The highest BCUT2D eigenvalue weighted by atomic mass is 32.2. The molecule has 0 bridgehead atoms. The second-order valence-electron chi connectivity index (χ2n) is 7.51. The molecule has 0 spiro atoms. The molecule has 0 radical (unpaired) electrons. The Morgan fingerprint density at radius 2 is 1.83 bits per heavy atom. The van der Waals surface area contributed by atoms with Crippen molar-refractivity contribution < 1.29 is 22.4 Å². The van der Waals surface area contributed by atoms with Crippen LogP contribution in [0.1, 0.15) is 25.3 Å². The Kier molecular flexibility index (Phi) is 5.33. The molecule has 1 unspecified atom stereocenters. The van der Waals surface area contributed by atoms with Gasteiger partial charge in [0.2, 0.25) is 21.8 Å². The molecule has 0 saturated carbocycles. The minimum atomic E-state index is -3.60. The first kappa shape index (κ1) is 20.5. The Bertz CT molecular complexity index is 1110. The van der Waals surface area contributed by atoms with Crippen LogP contribution < -0.4 is 10.2 Å². The van der Waals surface area contributed by atoms with Gasteiger partial charge in [-0.1, -0.05) is 6.07 Å². The number of carbonyl (C=O) groups is 2. The van der Waals surface area contributed by atoms with Crippen LogP contribution in [0, 0.1) is 5.82 Å². The Hall–Kier alpha value is -2.78. The first-order chi connectivity index (χ1) is 14.3. The number of hydrogen-bond donors (Lipinski definition) is 1. The zero-order valence-corrected chi connectivity index (χ0v) is 17.3. The minimum Gasteiger partial charge on any atom is -0.324 e. The molecule has 2 aromatic carbocycles. The smallest absolute Gasteiger partial charge is 0.247 e. The van der Waals surface area contributed by atoms with Gasteiger partial charge in [-0.2, -0.15) is 4.31 Å². The number of carbonyl (C=O) groups excluding carboxylic acids is 2. The van der Waals surface area contributed by atoms with Crippen LogP contribution in [-0.4, -0.2) is 43.7 Å². The lowest BCUT2D eigenvalue weighted by Crippen LogP contribution is -2.44. The van der Waals surface area contributed by atoms with E-state index in [1.807, 2.05) is 0 Å². The molecule has 2 aliphatic rings. The van der Waals surface area contributed by atoms with Crippen molar-refractivity contribution in [1.82, 2.24) is 4.31 Å². The second-order valence-corrected chi connectivity index (χ2v) is 9.45. The number of nitrogens with one attached hydrogen (secondary N) is 1. The van der Waals surface area contributed by atoms with Gasteiger partial charge in [0, 0.05) is 37.8 Å². The molecule has 9 heteroatoms. The number of amides is 2. The highest BCUT2D eigenvalue weighted by molar-refractivity contribution is 7.89. The third-order valence-corrected chi connectivity index (χ3v) is 7.37. The molecule has 2 heterocycles. The first-order valence-electron chi connectivity index (χ1n) is 9.77. The van der Waals surface area contributed by atoms with Crippen molar-refractivity contribution in [2.45, 2.75) is 37.1 Å². The maximum atomic E-state index is 13.4. The molecule has 4 rings (SSSR count). The number of halogens is 1. The third kappa shape index (κ3) is 3.70. The van der Waals surface area contributed by atoms with E-state index < -0.39 is 27.8 Å². The largest absolute Gasteiger partial charge is 0.324 e. The highest BCUT2D eigenvalue weighted by Gasteiger charge is 2.38. The van der Waals surface area contributed by atoms with E-state index in [4.69, 9.17) is 0 Å². The van der Waals surface area contributed by atoms with Crippen LogP contribution in [0.3, 0.4) is 0 Å². The molecule has 1 fully saturated rings. The van der Waals surface area contributed by atoms with Crippen molar-refractivity contribution in [2.75, 3.05) is 23.3 Å². The van der Waals surface area contributed by atoms with Crippen molar-refractivity contribution in [2.24, 2.45) is 0 Å². The summed E-state index contributed by atoms with van der Waals surface area (Å²) in [4.78, 5) is 26.6. The zero-order valence-electron chi connectivity index (χ0n) is 16.5. The van der Waals surface area contributed by atoms with Crippen molar-refractivity contribution in [3.05, 3.63) is 53.8 Å². The van der Waals surface area contributed by atoms with E-state index in [2.05, 4.69) is 5.32 Å². The summed E-state index contributed by atoms with van der Waals surface area (Å²) in [5.74, 6) is -1.28. The lowest BCUT2D eigenvalue weighted by Gasteiger charge is -2.23. The summed E-state index contributed by atoms with van der Waals surface area (Å²) in [6.45, 7) is 2.35. The number of fused-ring (bicyclic) bond motifs is 1. The summed E-state index contributed by atoms with van der Waals surface area (Å²) >= 11 is 0. The van der Waals surface area contributed by atoms with Gasteiger partial charge in [0.25, 0.3) is 0 Å². The molecule has 1 N–H and O–H groups in total. The SMILES string of the molecule is CC(=O)N1c2ccc(S(=O)(=O)N3CCCC3)cc2CC1C(=O)Nc1cccc(F)c1. The van der Waals surface area contributed by atoms with Gasteiger partial charge in [-0.25, -0.2) is 12.8 Å². The molecule has 30 heavy (non-hydrogen) atoms. The number of rotatable bonds is 4. The maximum Gasteiger partial charge on any atom is 0.247 e. The molecule has 1 atom stereocenters. The number of anilines is 2. The van der Waals surface area contributed by atoms with Gasteiger partial charge in [-0.05, 0) is 54.8 Å². The second kappa shape index (κ2) is 7.81. The van der Waals surface area contributed by atoms with Gasteiger partial charge in [0.1, 0.15) is 11.9 Å². The average molecular weight is 431 g/mol. The summed E-state index contributed by atoms with van der Waals surface area (Å²) in [5.41, 5.74) is 1.42. The van der Waals surface area contributed by atoms with Gasteiger partial charge in [-0.3, -0.25) is 14.5 Å². The van der Waals surface area contributed by atoms with Gasteiger partial charge >= 0.3 is 0 Å². The van der Waals surface area contributed by atoms with Crippen molar-refractivity contribution in [3.8, 4) is 0 Å². The maximum absolute atomic E-state index is 13.4. The van der Waals surface area contributed by atoms with Crippen LogP contribution in [0.2, 0.25) is 0 Å². The predicted molar refractivity (Wildman–Crippen MR) is 110 cm³/mol. The first-order valence-corrected chi connectivity index (χ1v) is 11.2. The van der Waals surface area contributed by atoms with Gasteiger partial charge in [0.15, 0.2) is 0 Å². The normalized spacial score (nSPS) is 19.0. The lowest BCUT2D eigenvalue weighted by atomic mass is 10.1. The quantitative estimate of drug-likeness (QED) is 0.806. The Balaban J connectivity index is 1.62. The van der Waals surface area contributed by atoms with E-state index in [9.17, 15) is 22.4 Å². The fourth-order valence-electron chi connectivity index (χ4n) is 4.06. The summed E-state index contributed by atoms with van der Waals surface area (Å²) in [5, 5.41) is 2.63. The monoisotopic (exact) mass is 431 g/mol. The topological polar surface area (TPSA) is 86.8 Å². The molecular weight excluding hydrogens is 409 g/mol. The van der Waals surface area contributed by atoms with Crippen molar-refractivity contribution in [3.63, 3.8) is 0 Å². The fourth-order valence-corrected chi connectivity index (χ4v) is 5.62. The standard InChI is InChI=1S/C21H22FN3O4S/c1-14(26)25-19-8-7-18(30(28,29)24-9-2-3-10-24)11-15(19)12-20(25)21(27)23-17-6-4-5-16(22)13-17/h4-8,11,13,20H,2-3,9-10,12H2,1H3,(H,23,27). The Morgan fingerprint density at radius 1 is 1.10 bits per heavy atom. The van der Waals surface area contributed by atoms with Crippen LogP contribution in [-0.2, 0) is 26.0 Å². The van der Waals surface area contributed by atoms with Gasteiger partial charge < -0.3 is 5.32 Å². The number of hydrogen-bond acceptors (Lipinski definition) is 4. The molecule has 158 valence electrons. The van der Waals surface area contributed by atoms with E-state index in [1.54, 1.807) is 18.2 Å². The molecule has 2 aromatic rings. The lowest BCUT2D eigenvalue weighted by molar-refractivity contribution is -0.122. The average Bonchev–Trinajstić information content (AvgIpc) is 3.35. The summed E-state index contributed by atoms with van der Waals surface area (Å²) in [6.07, 6.45) is 1.86. The minimum absolute atomic E-state index is 0.165. The number of benzene rings is 2. The van der Waals surface area contributed by atoms with Crippen molar-refractivity contribution >= 4 is 33.2 Å². The summed E-state index contributed by atoms with van der Waals surface area (Å²) in [7, 11) is -3.60. The fraction of sp³-hybridized carbons (Fsp3) is 0.333. The molecule has 0 aromatic heterocycles. The van der Waals surface area contributed by atoms with Crippen LogP contribution in [0.5, 0.6) is 0 Å². The molecular formula is C21H22FN3O4S.